The van der Waals surface area contributed by atoms with Crippen molar-refractivity contribution < 1.29 is 38.3 Å². The van der Waals surface area contributed by atoms with Crippen molar-refractivity contribution in [2.45, 2.75) is 17.7 Å². The molecule has 76 valence electrons. The van der Waals surface area contributed by atoms with Crippen LogP contribution < -0.4 is 29.6 Å². The van der Waals surface area contributed by atoms with Crippen LogP contribution >= 0.6 is 0 Å². The second-order valence-electron chi connectivity index (χ2n) is 3.80. The summed E-state index contributed by atoms with van der Waals surface area (Å²) in [5, 5.41) is 2.02. The van der Waals surface area contributed by atoms with E-state index in [1.54, 1.807) is 6.07 Å². The fourth-order valence-corrected chi connectivity index (χ4v) is 2.89. The van der Waals surface area contributed by atoms with E-state index < -0.39 is 11.1 Å². The van der Waals surface area contributed by atoms with Crippen LogP contribution in [0.25, 0.3) is 10.8 Å². The average Bonchev–Trinajstić information content (AvgIpc) is 2.64. The van der Waals surface area contributed by atoms with Gasteiger partial charge < -0.3 is 4.55 Å². The van der Waals surface area contributed by atoms with Crippen LogP contribution in [0, 0.1) is 0 Å². The van der Waals surface area contributed by atoms with E-state index in [2.05, 4.69) is 6.07 Å². The summed E-state index contributed by atoms with van der Waals surface area (Å²) in [6.07, 6.45) is 2.06. The van der Waals surface area contributed by atoms with Crippen molar-refractivity contribution in [2.24, 2.45) is 0 Å². The summed E-state index contributed by atoms with van der Waals surface area (Å²) in [6, 6.07) is 9.54. The largest absolute Gasteiger partial charge is 1.00 e. The zero-order valence-corrected chi connectivity index (χ0v) is 11.8. The molecule has 0 saturated carbocycles. The van der Waals surface area contributed by atoms with E-state index >= 15 is 0 Å². The fourth-order valence-electron chi connectivity index (χ4n) is 2.37. The van der Waals surface area contributed by atoms with Crippen molar-refractivity contribution in [3.8, 4) is 0 Å². The zero-order chi connectivity index (χ0) is 10.4. The van der Waals surface area contributed by atoms with Crippen LogP contribution in [0.5, 0.6) is 0 Å². The molecule has 0 N–H and O–H groups in total. The molecular formula is C12H9NaO2S. The first kappa shape index (κ1) is 12.3. The topological polar surface area (TPSA) is 40.1 Å². The van der Waals surface area contributed by atoms with Gasteiger partial charge in [0.2, 0.25) is 0 Å². The molecule has 16 heavy (non-hydrogen) atoms. The van der Waals surface area contributed by atoms with Crippen LogP contribution in [0.1, 0.15) is 11.1 Å². The summed E-state index contributed by atoms with van der Waals surface area (Å²) in [7, 11) is 0. The van der Waals surface area contributed by atoms with Gasteiger partial charge in [0.05, 0.1) is 0 Å². The number of benzene rings is 2. The number of hydrogen-bond donors (Lipinski definition) is 0. The Morgan fingerprint density at radius 2 is 1.75 bits per heavy atom. The molecule has 4 heteroatoms. The van der Waals surface area contributed by atoms with Gasteiger partial charge in [-0.1, -0.05) is 24.3 Å². The molecule has 2 aromatic carbocycles. The van der Waals surface area contributed by atoms with Crippen molar-refractivity contribution >= 4 is 21.9 Å². The summed E-state index contributed by atoms with van der Waals surface area (Å²) in [5.41, 5.74) is 2.55. The van der Waals surface area contributed by atoms with E-state index in [1.165, 1.54) is 11.1 Å². The predicted octanol–water partition coefficient (Wildman–Crippen LogP) is -0.820. The van der Waals surface area contributed by atoms with Gasteiger partial charge in [-0.3, -0.25) is 4.21 Å². The van der Waals surface area contributed by atoms with Crippen LogP contribution in [-0.4, -0.2) is 8.76 Å². The molecule has 2 aromatic rings. The second-order valence-corrected chi connectivity index (χ2v) is 4.71. The standard InChI is InChI=1S/C12H10O2S.Na/c13-15(14)11-7-6-9-5-4-8-2-1-3-10(11)12(8)9;/h1-3,6-7H,4-5H2,(H,13,14);/q;+1/p-1. The van der Waals surface area contributed by atoms with Crippen LogP contribution in [0.15, 0.2) is 35.2 Å². The first-order valence-corrected chi connectivity index (χ1v) is 5.97. The first-order chi connectivity index (χ1) is 7.27. The van der Waals surface area contributed by atoms with Gasteiger partial charge in [-0.2, -0.15) is 0 Å². The molecule has 0 spiro atoms. The van der Waals surface area contributed by atoms with Gasteiger partial charge in [0.15, 0.2) is 0 Å². The molecule has 1 unspecified atom stereocenters. The van der Waals surface area contributed by atoms with Gasteiger partial charge in [0.25, 0.3) is 0 Å². The van der Waals surface area contributed by atoms with Crippen LogP contribution in [0.2, 0.25) is 0 Å². The van der Waals surface area contributed by atoms with Crippen LogP contribution in [0.4, 0.5) is 0 Å². The molecule has 3 rings (SSSR count). The van der Waals surface area contributed by atoms with Gasteiger partial charge in [0, 0.05) is 4.90 Å². The summed E-state index contributed by atoms with van der Waals surface area (Å²) < 4.78 is 22.1. The Kier molecular flexibility index (Phi) is 3.52. The second kappa shape index (κ2) is 4.59. The Morgan fingerprint density at radius 1 is 1.06 bits per heavy atom. The molecule has 0 radical (unpaired) electrons. The summed E-state index contributed by atoms with van der Waals surface area (Å²) in [6.45, 7) is 0. The maximum atomic E-state index is 11.1. The Labute approximate surface area is 119 Å². The van der Waals surface area contributed by atoms with Crippen molar-refractivity contribution in [1.29, 1.82) is 0 Å². The smallest absolute Gasteiger partial charge is 0.768 e. The quantitative estimate of drug-likeness (QED) is 0.483. The summed E-state index contributed by atoms with van der Waals surface area (Å²) in [5.74, 6) is 0. The molecule has 0 heterocycles. The van der Waals surface area contributed by atoms with Gasteiger partial charge >= 0.3 is 29.6 Å². The summed E-state index contributed by atoms with van der Waals surface area (Å²) >= 11 is -2.14. The molecule has 1 aliphatic rings. The van der Waals surface area contributed by atoms with Crippen molar-refractivity contribution in [1.82, 2.24) is 0 Å². The number of aryl methyl sites for hydroxylation is 2. The Hall–Kier alpha value is -0.190. The fraction of sp³-hybridized carbons (Fsp3) is 0.167. The van der Waals surface area contributed by atoms with Crippen molar-refractivity contribution in [3.63, 3.8) is 0 Å². The molecule has 0 saturated heterocycles. The van der Waals surface area contributed by atoms with E-state index in [0.717, 1.165) is 23.6 Å². The molecule has 0 fully saturated rings. The Bertz CT molecular complexity index is 570. The monoisotopic (exact) mass is 240 g/mol. The Morgan fingerprint density at radius 3 is 2.44 bits per heavy atom. The van der Waals surface area contributed by atoms with Crippen LogP contribution in [0.3, 0.4) is 0 Å². The Balaban J connectivity index is 0.000000963. The van der Waals surface area contributed by atoms with E-state index in [9.17, 15) is 8.76 Å². The summed E-state index contributed by atoms with van der Waals surface area (Å²) in [4.78, 5) is 0.414. The van der Waals surface area contributed by atoms with Gasteiger partial charge in [-0.05, 0) is 51.9 Å². The molecule has 1 atom stereocenters. The normalized spacial score (nSPS) is 14.8. The molecule has 0 amide bonds. The van der Waals surface area contributed by atoms with E-state index in [0.29, 0.717) is 4.90 Å². The molecule has 0 aliphatic heterocycles. The van der Waals surface area contributed by atoms with E-state index in [4.69, 9.17) is 0 Å². The van der Waals surface area contributed by atoms with E-state index in [-0.39, 0.29) is 29.6 Å². The van der Waals surface area contributed by atoms with Gasteiger partial charge in [0.1, 0.15) is 0 Å². The van der Waals surface area contributed by atoms with Gasteiger partial charge in [-0.25, -0.2) is 0 Å². The molecule has 0 aromatic heterocycles. The number of hydrogen-bond acceptors (Lipinski definition) is 2. The minimum Gasteiger partial charge on any atom is -0.768 e. The number of rotatable bonds is 1. The van der Waals surface area contributed by atoms with E-state index in [1.807, 2.05) is 18.2 Å². The maximum Gasteiger partial charge on any atom is 1.00 e. The third-order valence-electron chi connectivity index (χ3n) is 3.02. The average molecular weight is 240 g/mol. The minimum atomic E-state index is -2.14. The van der Waals surface area contributed by atoms with Crippen molar-refractivity contribution in [2.75, 3.05) is 0 Å². The zero-order valence-electron chi connectivity index (χ0n) is 9.03. The molecule has 2 nitrogen and oxygen atoms in total. The molecule has 0 bridgehead atoms. The van der Waals surface area contributed by atoms with Crippen molar-refractivity contribution in [3.05, 3.63) is 41.5 Å². The van der Waals surface area contributed by atoms with Gasteiger partial charge in [-0.15, -0.1) is 0 Å². The third kappa shape index (κ3) is 1.77. The van der Waals surface area contributed by atoms with Crippen LogP contribution in [-0.2, 0) is 23.9 Å². The third-order valence-corrected chi connectivity index (χ3v) is 3.73. The molecular weight excluding hydrogens is 231 g/mol. The molecule has 1 aliphatic carbocycles. The predicted molar refractivity (Wildman–Crippen MR) is 58.5 cm³/mol. The maximum absolute atomic E-state index is 11.1. The minimum absolute atomic E-state index is 0. The SMILES string of the molecule is O=S([O-])c1ccc2c3c(cccc13)CC2.[Na+]. The first-order valence-electron chi connectivity index (χ1n) is 4.90.